The summed E-state index contributed by atoms with van der Waals surface area (Å²) in [4.78, 5) is 29.2. The second-order valence-corrected chi connectivity index (χ2v) is 11.3. The van der Waals surface area contributed by atoms with Crippen LogP contribution in [0, 0.1) is 17.7 Å². The molecule has 0 aromatic heterocycles. The molecule has 1 aliphatic carbocycles. The molecule has 0 radical (unpaired) electrons. The zero-order chi connectivity index (χ0) is 27.1. The number of fused-ring (bicyclic) bond motifs is 1. The van der Waals surface area contributed by atoms with Gasteiger partial charge < -0.3 is 10.4 Å². The number of hydrogen-bond donors (Lipinski definition) is 3. The standard InChI is InChI=1S/C31H42FN3O3/c1-21(2)18-28(29(36)20-35-17-9-12-22-10-3-4-11-23(22)19-35)34-31(38)25-14-6-8-16-27(25)33-30(37)24-13-5-7-15-26(24)32/h3-5,7,10-11,13,15,21,25,27-28,30,33,37H,6,8-9,12,14,16-20H2,1-2H3,(H,34,38)/t25-,27+,28+,30?/m1/s1. The minimum atomic E-state index is -1.20. The lowest BCUT2D eigenvalue weighted by molar-refractivity contribution is -0.132. The first kappa shape index (κ1) is 28.4. The highest BCUT2D eigenvalue weighted by Crippen LogP contribution is 2.28. The van der Waals surface area contributed by atoms with Crippen molar-refractivity contribution in [3.05, 3.63) is 71.0 Å². The first-order valence-electron chi connectivity index (χ1n) is 14.1. The Bertz CT molecular complexity index is 1090. The molecular formula is C31H42FN3O3. The van der Waals surface area contributed by atoms with Gasteiger partial charge in [-0.3, -0.25) is 19.8 Å². The van der Waals surface area contributed by atoms with Crippen molar-refractivity contribution in [3.63, 3.8) is 0 Å². The normalized spacial score (nSPS) is 21.8. The van der Waals surface area contributed by atoms with Crippen molar-refractivity contribution >= 4 is 11.7 Å². The van der Waals surface area contributed by atoms with E-state index in [-0.39, 0.29) is 29.2 Å². The van der Waals surface area contributed by atoms with Crippen molar-refractivity contribution in [2.75, 3.05) is 13.1 Å². The summed E-state index contributed by atoms with van der Waals surface area (Å²) in [7, 11) is 0. The lowest BCUT2D eigenvalue weighted by Crippen LogP contribution is -2.52. The molecule has 2 aromatic rings. The van der Waals surface area contributed by atoms with Crippen LogP contribution in [0.2, 0.25) is 0 Å². The fourth-order valence-corrected chi connectivity index (χ4v) is 5.89. The Morgan fingerprint density at radius 3 is 2.50 bits per heavy atom. The van der Waals surface area contributed by atoms with Gasteiger partial charge in [0.1, 0.15) is 12.0 Å². The Balaban J connectivity index is 1.41. The Kier molecular flexibility index (Phi) is 10.1. The summed E-state index contributed by atoms with van der Waals surface area (Å²) >= 11 is 0. The number of amides is 1. The molecule has 1 fully saturated rings. The van der Waals surface area contributed by atoms with Crippen LogP contribution in [0.1, 0.15) is 75.3 Å². The SMILES string of the molecule is CC(C)C[C@H](NC(=O)[C@@H]1CCCC[C@@H]1NC(O)c1ccccc1F)C(=O)CN1CCCc2ccccc2C1. The molecule has 1 amide bonds. The molecule has 6 nitrogen and oxygen atoms in total. The maximum atomic E-state index is 14.2. The van der Waals surface area contributed by atoms with Crippen LogP contribution < -0.4 is 10.6 Å². The summed E-state index contributed by atoms with van der Waals surface area (Å²) < 4.78 is 14.2. The number of hydrogen-bond acceptors (Lipinski definition) is 5. The molecule has 2 aromatic carbocycles. The van der Waals surface area contributed by atoms with E-state index in [0.29, 0.717) is 25.8 Å². The average molecular weight is 524 g/mol. The van der Waals surface area contributed by atoms with Crippen LogP contribution in [-0.4, -0.2) is 46.9 Å². The van der Waals surface area contributed by atoms with Gasteiger partial charge in [0.15, 0.2) is 5.78 Å². The Labute approximate surface area is 226 Å². The first-order chi connectivity index (χ1) is 18.3. The van der Waals surface area contributed by atoms with E-state index < -0.39 is 24.0 Å². The monoisotopic (exact) mass is 523 g/mol. The Hall–Kier alpha value is -2.61. The molecule has 1 heterocycles. The number of nitrogens with zero attached hydrogens (tertiary/aromatic N) is 1. The van der Waals surface area contributed by atoms with Gasteiger partial charge in [0.05, 0.1) is 18.5 Å². The number of aryl methyl sites for hydroxylation is 1. The van der Waals surface area contributed by atoms with Crippen molar-refractivity contribution in [2.45, 2.75) is 83.6 Å². The Morgan fingerprint density at radius 1 is 1.03 bits per heavy atom. The number of benzene rings is 2. The van der Waals surface area contributed by atoms with Crippen LogP contribution in [0.25, 0.3) is 0 Å². The van der Waals surface area contributed by atoms with E-state index in [1.54, 1.807) is 18.2 Å². The van der Waals surface area contributed by atoms with Gasteiger partial charge in [0, 0.05) is 18.2 Å². The third kappa shape index (κ3) is 7.49. The zero-order valence-electron chi connectivity index (χ0n) is 22.7. The van der Waals surface area contributed by atoms with Crippen LogP contribution in [0.3, 0.4) is 0 Å². The van der Waals surface area contributed by atoms with E-state index in [1.165, 1.54) is 17.2 Å². The van der Waals surface area contributed by atoms with E-state index in [0.717, 1.165) is 38.8 Å². The van der Waals surface area contributed by atoms with E-state index >= 15 is 0 Å². The van der Waals surface area contributed by atoms with E-state index in [1.807, 2.05) is 6.07 Å². The van der Waals surface area contributed by atoms with Gasteiger partial charge >= 0.3 is 0 Å². The minimum absolute atomic E-state index is 0.0399. The van der Waals surface area contributed by atoms with Crippen molar-refractivity contribution in [3.8, 4) is 0 Å². The summed E-state index contributed by atoms with van der Waals surface area (Å²) in [5.41, 5.74) is 2.79. The lowest BCUT2D eigenvalue weighted by Gasteiger charge is -2.34. The lowest BCUT2D eigenvalue weighted by atomic mass is 9.83. The molecule has 1 unspecified atom stereocenters. The topological polar surface area (TPSA) is 81.7 Å². The number of Topliss-reactive ketones (excluding diaryl/α,β-unsaturated/α-hetero) is 1. The van der Waals surface area contributed by atoms with E-state index in [9.17, 15) is 19.1 Å². The van der Waals surface area contributed by atoms with Gasteiger partial charge in [-0.2, -0.15) is 0 Å². The van der Waals surface area contributed by atoms with Crippen LogP contribution in [0.5, 0.6) is 0 Å². The molecule has 206 valence electrons. The number of aliphatic hydroxyl groups excluding tert-OH is 1. The van der Waals surface area contributed by atoms with Crippen LogP contribution in [0.15, 0.2) is 48.5 Å². The predicted octanol–water partition coefficient (Wildman–Crippen LogP) is 4.51. The highest BCUT2D eigenvalue weighted by Gasteiger charge is 2.35. The summed E-state index contributed by atoms with van der Waals surface area (Å²) in [6, 6.07) is 13.7. The minimum Gasteiger partial charge on any atom is -0.374 e. The van der Waals surface area contributed by atoms with Gasteiger partial charge in [-0.15, -0.1) is 0 Å². The second-order valence-electron chi connectivity index (χ2n) is 11.3. The molecule has 2 aliphatic rings. The van der Waals surface area contributed by atoms with Gasteiger partial charge in [-0.1, -0.05) is 69.2 Å². The highest BCUT2D eigenvalue weighted by molar-refractivity contribution is 5.91. The van der Waals surface area contributed by atoms with Gasteiger partial charge in [-0.25, -0.2) is 4.39 Å². The average Bonchev–Trinajstić information content (AvgIpc) is 3.10. The predicted molar refractivity (Wildman–Crippen MR) is 147 cm³/mol. The summed E-state index contributed by atoms with van der Waals surface area (Å²) in [5.74, 6) is -0.751. The molecule has 38 heavy (non-hydrogen) atoms. The Morgan fingerprint density at radius 2 is 1.74 bits per heavy atom. The fourth-order valence-electron chi connectivity index (χ4n) is 5.89. The number of carbonyl (C=O) groups excluding carboxylic acids is 2. The van der Waals surface area contributed by atoms with Crippen molar-refractivity contribution in [2.24, 2.45) is 11.8 Å². The molecule has 4 rings (SSSR count). The third-order valence-electron chi connectivity index (χ3n) is 7.90. The number of aliphatic hydroxyl groups is 1. The maximum absolute atomic E-state index is 14.2. The van der Waals surface area contributed by atoms with Crippen LogP contribution >= 0.6 is 0 Å². The van der Waals surface area contributed by atoms with E-state index in [4.69, 9.17) is 0 Å². The largest absolute Gasteiger partial charge is 0.374 e. The van der Waals surface area contributed by atoms with E-state index in [2.05, 4.69) is 47.6 Å². The van der Waals surface area contributed by atoms with Crippen molar-refractivity contribution in [1.82, 2.24) is 15.5 Å². The van der Waals surface area contributed by atoms with Crippen LogP contribution in [0.4, 0.5) is 4.39 Å². The molecule has 3 N–H and O–H groups in total. The van der Waals surface area contributed by atoms with Gasteiger partial charge in [-0.05, 0) is 61.8 Å². The molecule has 1 aliphatic heterocycles. The zero-order valence-corrected chi connectivity index (χ0v) is 22.7. The van der Waals surface area contributed by atoms with Crippen LogP contribution in [-0.2, 0) is 22.6 Å². The van der Waals surface area contributed by atoms with Gasteiger partial charge in [0.2, 0.25) is 5.91 Å². The van der Waals surface area contributed by atoms with Crippen molar-refractivity contribution in [1.29, 1.82) is 0 Å². The number of rotatable bonds is 10. The smallest absolute Gasteiger partial charge is 0.225 e. The number of nitrogens with one attached hydrogen (secondary N) is 2. The third-order valence-corrected chi connectivity index (χ3v) is 7.90. The summed E-state index contributed by atoms with van der Waals surface area (Å²) in [6.07, 6.45) is 4.61. The summed E-state index contributed by atoms with van der Waals surface area (Å²) in [5, 5.41) is 16.9. The highest BCUT2D eigenvalue weighted by atomic mass is 19.1. The molecule has 4 atom stereocenters. The summed E-state index contributed by atoms with van der Waals surface area (Å²) in [6.45, 7) is 6.02. The number of carbonyl (C=O) groups is 2. The molecular weight excluding hydrogens is 481 g/mol. The van der Waals surface area contributed by atoms with Gasteiger partial charge in [0.25, 0.3) is 0 Å². The molecule has 0 bridgehead atoms. The molecule has 1 saturated carbocycles. The quantitative estimate of drug-likeness (QED) is 0.399. The fraction of sp³-hybridized carbons (Fsp3) is 0.548. The molecule has 0 saturated heterocycles. The maximum Gasteiger partial charge on any atom is 0.225 e. The number of halogens is 1. The first-order valence-corrected chi connectivity index (χ1v) is 14.1. The second kappa shape index (κ2) is 13.5. The number of ketones is 1. The van der Waals surface area contributed by atoms with Crippen molar-refractivity contribution < 1.29 is 19.1 Å². The molecule has 0 spiro atoms. The molecule has 7 heteroatoms.